The van der Waals surface area contributed by atoms with Crippen molar-refractivity contribution in [2.24, 2.45) is 11.7 Å². The van der Waals surface area contributed by atoms with E-state index in [-0.39, 0.29) is 30.9 Å². The molecule has 3 rings (SSSR count). The van der Waals surface area contributed by atoms with E-state index in [2.05, 4.69) is 20.9 Å². The predicted molar refractivity (Wildman–Crippen MR) is 152 cm³/mol. The Morgan fingerprint density at radius 1 is 0.854 bits per heavy atom. The molecule has 0 bridgehead atoms. The summed E-state index contributed by atoms with van der Waals surface area (Å²) in [4.78, 5) is 54.4. The standard InChI is InChI=1S/C29H37N5O7/c1-16(2)11-23(27(38)34-25(29(40)41)12-17-7-9-19(36)10-8-17)33-28(39)24(32-26(37)21(30)15-35)13-18-14-31-22-6-4-3-5-20(18)22/h3-10,14,16,21,23-25,31,35-36H,11-13,15,30H2,1-2H3,(H,32,37)(H,33,39)(H,34,38)(H,40,41). The number of H-pyrrole nitrogens is 1. The van der Waals surface area contributed by atoms with Crippen LogP contribution in [0.2, 0.25) is 0 Å². The van der Waals surface area contributed by atoms with E-state index in [9.17, 15) is 34.5 Å². The summed E-state index contributed by atoms with van der Waals surface area (Å²) in [6, 6.07) is 8.60. The number of carboxylic acid groups (broad SMARTS) is 1. The molecule has 0 aliphatic carbocycles. The molecule has 2 aromatic carbocycles. The van der Waals surface area contributed by atoms with E-state index in [4.69, 9.17) is 5.73 Å². The van der Waals surface area contributed by atoms with E-state index in [1.807, 2.05) is 38.1 Å². The lowest BCUT2D eigenvalue weighted by molar-refractivity contribution is -0.142. The molecule has 4 atom stereocenters. The number of aliphatic hydroxyl groups is 1. The fourth-order valence-electron chi connectivity index (χ4n) is 4.41. The Hall–Kier alpha value is -4.42. The number of benzene rings is 2. The first-order valence-corrected chi connectivity index (χ1v) is 13.3. The van der Waals surface area contributed by atoms with Crippen LogP contribution in [-0.2, 0) is 32.0 Å². The van der Waals surface area contributed by atoms with Crippen molar-refractivity contribution < 1.29 is 34.5 Å². The zero-order chi connectivity index (χ0) is 30.1. The molecule has 1 aromatic heterocycles. The number of aliphatic hydroxyl groups excluding tert-OH is 1. The van der Waals surface area contributed by atoms with Crippen LogP contribution in [0.1, 0.15) is 31.4 Å². The van der Waals surface area contributed by atoms with Gasteiger partial charge in [-0.15, -0.1) is 0 Å². The van der Waals surface area contributed by atoms with Crippen molar-refractivity contribution in [2.45, 2.75) is 57.3 Å². The first-order chi connectivity index (χ1) is 19.5. The van der Waals surface area contributed by atoms with Crippen LogP contribution in [0.15, 0.2) is 54.7 Å². The lowest BCUT2D eigenvalue weighted by atomic mass is 9.99. The quantitative estimate of drug-likeness (QED) is 0.138. The van der Waals surface area contributed by atoms with Gasteiger partial charge in [-0.25, -0.2) is 4.79 Å². The number of aromatic hydroxyl groups is 1. The summed E-state index contributed by atoms with van der Waals surface area (Å²) < 4.78 is 0. The van der Waals surface area contributed by atoms with Crippen LogP contribution in [0.25, 0.3) is 10.9 Å². The fourth-order valence-corrected chi connectivity index (χ4v) is 4.41. The van der Waals surface area contributed by atoms with E-state index < -0.39 is 54.5 Å². The Morgan fingerprint density at radius 3 is 2.10 bits per heavy atom. The summed E-state index contributed by atoms with van der Waals surface area (Å²) in [5, 5.41) is 37.2. The summed E-state index contributed by atoms with van der Waals surface area (Å²) in [5.41, 5.74) is 7.83. The van der Waals surface area contributed by atoms with E-state index in [1.165, 1.54) is 12.1 Å². The molecule has 41 heavy (non-hydrogen) atoms. The van der Waals surface area contributed by atoms with E-state index in [0.717, 1.165) is 16.5 Å². The minimum atomic E-state index is -1.29. The fraction of sp³-hybridized carbons (Fsp3) is 0.379. The average Bonchev–Trinajstić information content (AvgIpc) is 3.34. The Labute approximate surface area is 237 Å². The summed E-state index contributed by atoms with van der Waals surface area (Å²) >= 11 is 0. The molecule has 9 N–H and O–H groups in total. The number of carboxylic acids is 1. The molecule has 0 radical (unpaired) electrons. The number of phenols is 1. The SMILES string of the molecule is CC(C)CC(NC(=O)C(Cc1c[nH]c2ccccc12)NC(=O)C(N)CO)C(=O)NC(Cc1ccc(O)cc1)C(=O)O. The number of nitrogens with two attached hydrogens (primary N) is 1. The summed E-state index contributed by atoms with van der Waals surface area (Å²) in [6.45, 7) is 3.08. The Morgan fingerprint density at radius 2 is 1.46 bits per heavy atom. The number of para-hydroxylation sites is 1. The third-order valence-electron chi connectivity index (χ3n) is 6.60. The van der Waals surface area contributed by atoms with Crippen molar-refractivity contribution in [1.82, 2.24) is 20.9 Å². The molecule has 0 fully saturated rings. The third-order valence-corrected chi connectivity index (χ3v) is 6.60. The largest absolute Gasteiger partial charge is 0.508 e. The Kier molecular flexibility index (Phi) is 10.8. The number of nitrogens with one attached hydrogen (secondary N) is 4. The van der Waals surface area contributed by atoms with Crippen LogP contribution < -0.4 is 21.7 Å². The van der Waals surface area contributed by atoms with E-state index in [0.29, 0.717) is 5.56 Å². The Bertz CT molecular complexity index is 1360. The lowest BCUT2D eigenvalue weighted by Crippen LogP contribution is -2.58. The smallest absolute Gasteiger partial charge is 0.326 e. The van der Waals surface area contributed by atoms with Crippen molar-refractivity contribution in [3.63, 3.8) is 0 Å². The summed E-state index contributed by atoms with van der Waals surface area (Å²) in [6.07, 6.45) is 1.95. The van der Waals surface area contributed by atoms with Crippen molar-refractivity contribution in [1.29, 1.82) is 0 Å². The highest BCUT2D eigenvalue weighted by atomic mass is 16.4. The number of carbonyl (C=O) groups is 4. The molecule has 0 saturated carbocycles. The molecule has 12 heteroatoms. The zero-order valence-electron chi connectivity index (χ0n) is 23.0. The summed E-state index contributed by atoms with van der Waals surface area (Å²) in [5.74, 6) is -3.38. The van der Waals surface area contributed by atoms with Crippen molar-refractivity contribution in [2.75, 3.05) is 6.61 Å². The van der Waals surface area contributed by atoms with Gasteiger partial charge in [0.15, 0.2) is 0 Å². The average molecular weight is 568 g/mol. The van der Waals surface area contributed by atoms with Crippen LogP contribution >= 0.6 is 0 Å². The Balaban J connectivity index is 1.81. The maximum absolute atomic E-state index is 13.5. The maximum atomic E-state index is 13.5. The predicted octanol–water partition coefficient (Wildman–Crippen LogP) is 0.563. The molecule has 0 aliphatic rings. The van der Waals surface area contributed by atoms with Gasteiger partial charge in [-0.3, -0.25) is 14.4 Å². The third kappa shape index (κ3) is 8.78. The maximum Gasteiger partial charge on any atom is 0.326 e. The highest BCUT2D eigenvalue weighted by Gasteiger charge is 2.31. The molecular weight excluding hydrogens is 530 g/mol. The van der Waals surface area contributed by atoms with E-state index >= 15 is 0 Å². The number of carbonyl (C=O) groups excluding carboxylic acids is 3. The molecule has 3 aromatic rings. The second-order valence-corrected chi connectivity index (χ2v) is 10.4. The molecule has 12 nitrogen and oxygen atoms in total. The number of amides is 3. The van der Waals surface area contributed by atoms with Crippen molar-refractivity contribution >= 4 is 34.6 Å². The number of aliphatic carboxylic acids is 1. The van der Waals surface area contributed by atoms with Crippen molar-refractivity contribution in [3.8, 4) is 5.75 Å². The number of aromatic amines is 1. The highest BCUT2D eigenvalue weighted by molar-refractivity contribution is 5.95. The van der Waals surface area contributed by atoms with Gasteiger partial charge >= 0.3 is 5.97 Å². The monoisotopic (exact) mass is 567 g/mol. The number of hydrogen-bond donors (Lipinski definition) is 8. The molecular formula is C29H37N5O7. The second-order valence-electron chi connectivity index (χ2n) is 10.4. The van der Waals surface area contributed by atoms with Gasteiger partial charge < -0.3 is 42.0 Å². The molecule has 3 amide bonds. The minimum Gasteiger partial charge on any atom is -0.508 e. The van der Waals surface area contributed by atoms with Crippen LogP contribution in [-0.4, -0.2) is 74.8 Å². The number of hydrogen-bond acceptors (Lipinski definition) is 7. The van der Waals surface area contributed by atoms with Gasteiger partial charge in [0.25, 0.3) is 0 Å². The van der Waals surface area contributed by atoms with Crippen LogP contribution in [0, 0.1) is 5.92 Å². The number of fused-ring (bicyclic) bond motifs is 1. The minimum absolute atomic E-state index is 0.0265. The van der Waals surface area contributed by atoms with Gasteiger partial charge in [0.05, 0.1) is 6.61 Å². The number of rotatable bonds is 14. The topological polar surface area (TPSA) is 207 Å². The van der Waals surface area contributed by atoms with Crippen LogP contribution in [0.4, 0.5) is 0 Å². The first-order valence-electron chi connectivity index (χ1n) is 13.3. The second kappa shape index (κ2) is 14.3. The normalized spacial score (nSPS) is 14.2. The van der Waals surface area contributed by atoms with Gasteiger partial charge in [0.2, 0.25) is 17.7 Å². The molecule has 0 spiro atoms. The first kappa shape index (κ1) is 31.1. The molecule has 0 saturated heterocycles. The van der Waals surface area contributed by atoms with Gasteiger partial charge in [-0.1, -0.05) is 44.2 Å². The summed E-state index contributed by atoms with van der Waals surface area (Å²) in [7, 11) is 0. The molecule has 0 aliphatic heterocycles. The van der Waals surface area contributed by atoms with Crippen LogP contribution in [0.3, 0.4) is 0 Å². The number of aromatic nitrogens is 1. The number of phenolic OH excluding ortho intramolecular Hbond substituents is 1. The molecule has 1 heterocycles. The van der Waals surface area contributed by atoms with Gasteiger partial charge in [-0.05, 0) is 41.7 Å². The molecule has 220 valence electrons. The van der Waals surface area contributed by atoms with Crippen molar-refractivity contribution in [3.05, 3.63) is 65.9 Å². The van der Waals surface area contributed by atoms with Crippen LogP contribution in [0.5, 0.6) is 5.75 Å². The molecule has 4 unspecified atom stereocenters. The highest BCUT2D eigenvalue weighted by Crippen LogP contribution is 2.19. The zero-order valence-corrected chi connectivity index (χ0v) is 23.0. The van der Waals surface area contributed by atoms with E-state index in [1.54, 1.807) is 18.3 Å². The van der Waals surface area contributed by atoms with Gasteiger partial charge in [0.1, 0.15) is 29.9 Å². The van der Waals surface area contributed by atoms with Gasteiger partial charge in [-0.2, -0.15) is 0 Å². The lowest BCUT2D eigenvalue weighted by Gasteiger charge is -2.26. The van der Waals surface area contributed by atoms with Gasteiger partial charge in [0, 0.05) is 29.9 Å².